The van der Waals surface area contributed by atoms with Gasteiger partial charge in [-0.25, -0.2) is 0 Å². The molecule has 0 aromatic heterocycles. The molecule has 0 spiro atoms. The molecule has 0 atom stereocenters. The van der Waals surface area contributed by atoms with E-state index in [1.54, 1.807) is 11.0 Å². The van der Waals surface area contributed by atoms with Gasteiger partial charge in [0.15, 0.2) is 0 Å². The quantitative estimate of drug-likeness (QED) is 0.712. The Morgan fingerprint density at radius 2 is 1.61 bits per heavy atom. The molecule has 2 aromatic rings. The zero-order chi connectivity index (χ0) is 20.3. The highest BCUT2D eigenvalue weighted by molar-refractivity contribution is 9.10. The van der Waals surface area contributed by atoms with Gasteiger partial charge in [-0.3, -0.25) is 9.59 Å². The van der Waals surface area contributed by atoms with Crippen LogP contribution < -0.4 is 5.32 Å². The lowest BCUT2D eigenvalue weighted by Crippen LogP contribution is -2.41. The smallest absolute Gasteiger partial charge is 0.339 e. The summed E-state index contributed by atoms with van der Waals surface area (Å²) in [5.41, 5.74) is 0.117. The van der Waals surface area contributed by atoms with Gasteiger partial charge in [-0.05, 0) is 65.2 Å². The molecule has 0 saturated carbocycles. The third kappa shape index (κ3) is 4.73. The van der Waals surface area contributed by atoms with Crippen LogP contribution in [0.2, 0.25) is 0 Å². The molecular weight excluding hydrogens is 437 g/mol. The number of carbonyl (C=O) groups excluding carboxylic acids is 2. The Bertz CT molecular complexity index is 860. The van der Waals surface area contributed by atoms with E-state index in [9.17, 15) is 22.8 Å². The first kappa shape index (κ1) is 20.4. The maximum absolute atomic E-state index is 12.6. The first-order valence-corrected chi connectivity index (χ1v) is 9.57. The van der Waals surface area contributed by atoms with Crippen molar-refractivity contribution in [2.75, 3.05) is 18.4 Å². The number of para-hydroxylation sites is 1. The standard InChI is InChI=1S/C20H18BrF3N2O2/c21-16-3-1-2-4-17(16)25-18(27)13-9-11-26(12-10-13)19(28)14-5-7-15(8-6-14)20(22,23)24/h1-8,13H,9-12H2,(H,25,27). The SMILES string of the molecule is O=C(Nc1ccccc1Br)C1CCN(C(=O)c2ccc(C(F)(F)F)cc2)CC1. The average Bonchev–Trinajstić information content (AvgIpc) is 2.69. The van der Waals surface area contributed by atoms with E-state index in [0.717, 1.165) is 16.6 Å². The monoisotopic (exact) mass is 454 g/mol. The highest BCUT2D eigenvalue weighted by Gasteiger charge is 2.31. The highest BCUT2D eigenvalue weighted by Crippen LogP contribution is 2.30. The average molecular weight is 455 g/mol. The van der Waals surface area contributed by atoms with E-state index in [1.807, 2.05) is 18.2 Å². The number of likely N-dealkylation sites (tertiary alicyclic amines) is 1. The number of nitrogens with one attached hydrogen (secondary N) is 1. The van der Waals surface area contributed by atoms with Gasteiger partial charge in [0.2, 0.25) is 5.91 Å². The summed E-state index contributed by atoms with van der Waals surface area (Å²) in [6.45, 7) is 0.766. The number of rotatable bonds is 3. The fourth-order valence-corrected chi connectivity index (χ4v) is 3.51. The van der Waals surface area contributed by atoms with E-state index in [-0.39, 0.29) is 23.3 Å². The van der Waals surface area contributed by atoms with Crippen molar-refractivity contribution in [1.82, 2.24) is 4.90 Å². The van der Waals surface area contributed by atoms with Crippen molar-refractivity contribution in [3.63, 3.8) is 0 Å². The molecular formula is C20H18BrF3N2O2. The molecule has 1 heterocycles. The minimum Gasteiger partial charge on any atom is -0.339 e. The van der Waals surface area contributed by atoms with Gasteiger partial charge in [-0.2, -0.15) is 13.2 Å². The van der Waals surface area contributed by atoms with Crippen molar-refractivity contribution in [3.05, 3.63) is 64.1 Å². The zero-order valence-corrected chi connectivity index (χ0v) is 16.4. The molecule has 0 unspecified atom stereocenters. The Morgan fingerprint density at radius 3 is 2.18 bits per heavy atom. The number of piperidine rings is 1. The lowest BCUT2D eigenvalue weighted by atomic mass is 9.95. The second-order valence-electron chi connectivity index (χ2n) is 6.61. The Hall–Kier alpha value is -2.35. The van der Waals surface area contributed by atoms with Gasteiger partial charge in [-0.15, -0.1) is 0 Å². The zero-order valence-electron chi connectivity index (χ0n) is 14.8. The number of hydrogen-bond donors (Lipinski definition) is 1. The second-order valence-corrected chi connectivity index (χ2v) is 7.47. The molecule has 1 aliphatic heterocycles. The van der Waals surface area contributed by atoms with Gasteiger partial charge in [0.25, 0.3) is 5.91 Å². The van der Waals surface area contributed by atoms with E-state index in [4.69, 9.17) is 0 Å². The summed E-state index contributed by atoms with van der Waals surface area (Å²) in [5, 5.41) is 2.88. The first-order chi connectivity index (χ1) is 13.3. The third-order valence-corrected chi connectivity index (χ3v) is 5.44. The van der Waals surface area contributed by atoms with Gasteiger partial charge < -0.3 is 10.2 Å². The van der Waals surface area contributed by atoms with Gasteiger partial charge in [-0.1, -0.05) is 12.1 Å². The van der Waals surface area contributed by atoms with Crippen molar-refractivity contribution in [1.29, 1.82) is 0 Å². The van der Waals surface area contributed by atoms with Crippen LogP contribution in [0, 0.1) is 5.92 Å². The third-order valence-electron chi connectivity index (χ3n) is 4.74. The van der Waals surface area contributed by atoms with Crippen molar-refractivity contribution in [2.24, 2.45) is 5.92 Å². The molecule has 1 fully saturated rings. The number of alkyl halides is 3. The summed E-state index contributed by atoms with van der Waals surface area (Å²) in [5.74, 6) is -0.643. The second kappa shape index (κ2) is 8.34. The van der Waals surface area contributed by atoms with Crippen molar-refractivity contribution in [2.45, 2.75) is 19.0 Å². The number of amides is 2. The number of hydrogen-bond acceptors (Lipinski definition) is 2. The topological polar surface area (TPSA) is 49.4 Å². The van der Waals surface area contributed by atoms with E-state index < -0.39 is 11.7 Å². The van der Waals surface area contributed by atoms with Crippen LogP contribution in [0.5, 0.6) is 0 Å². The van der Waals surface area contributed by atoms with E-state index in [0.29, 0.717) is 31.6 Å². The fourth-order valence-electron chi connectivity index (χ4n) is 3.13. The molecule has 28 heavy (non-hydrogen) atoms. The summed E-state index contributed by atoms with van der Waals surface area (Å²) < 4.78 is 38.7. The number of nitrogens with zero attached hydrogens (tertiary/aromatic N) is 1. The minimum atomic E-state index is -4.43. The van der Waals surface area contributed by atoms with Crippen LogP contribution in [0.15, 0.2) is 53.0 Å². The first-order valence-electron chi connectivity index (χ1n) is 8.77. The predicted octanol–water partition coefficient (Wildman–Crippen LogP) is 4.96. The molecule has 1 saturated heterocycles. The number of benzene rings is 2. The van der Waals surface area contributed by atoms with Gasteiger partial charge in [0.1, 0.15) is 0 Å². The highest BCUT2D eigenvalue weighted by atomic mass is 79.9. The summed E-state index contributed by atoms with van der Waals surface area (Å²) in [6.07, 6.45) is -3.42. The predicted molar refractivity (Wildman–Crippen MR) is 103 cm³/mol. The van der Waals surface area contributed by atoms with Crippen LogP contribution in [-0.4, -0.2) is 29.8 Å². The molecule has 2 aromatic carbocycles. The molecule has 1 N–H and O–H groups in total. The number of anilines is 1. The summed E-state index contributed by atoms with van der Waals surface area (Å²) >= 11 is 3.38. The maximum atomic E-state index is 12.6. The Kier molecular flexibility index (Phi) is 6.07. The molecule has 8 heteroatoms. The van der Waals surface area contributed by atoms with Gasteiger partial charge in [0.05, 0.1) is 11.3 Å². The summed E-state index contributed by atoms with van der Waals surface area (Å²) in [7, 11) is 0. The number of halogens is 4. The molecule has 148 valence electrons. The molecule has 0 bridgehead atoms. The lowest BCUT2D eigenvalue weighted by molar-refractivity contribution is -0.137. The Labute approximate surface area is 168 Å². The van der Waals surface area contributed by atoms with Crippen LogP contribution >= 0.6 is 15.9 Å². The maximum Gasteiger partial charge on any atom is 0.416 e. The largest absolute Gasteiger partial charge is 0.416 e. The molecule has 4 nitrogen and oxygen atoms in total. The van der Waals surface area contributed by atoms with Crippen molar-refractivity contribution < 1.29 is 22.8 Å². The normalized spacial score (nSPS) is 15.4. The molecule has 1 aliphatic rings. The minimum absolute atomic E-state index is 0.103. The van der Waals surface area contributed by atoms with Crippen LogP contribution in [0.1, 0.15) is 28.8 Å². The van der Waals surface area contributed by atoms with Crippen LogP contribution in [0.3, 0.4) is 0 Å². The summed E-state index contributed by atoms with van der Waals surface area (Å²) in [4.78, 5) is 26.5. The van der Waals surface area contributed by atoms with Crippen LogP contribution in [0.25, 0.3) is 0 Å². The molecule has 0 aliphatic carbocycles. The van der Waals surface area contributed by atoms with Gasteiger partial charge >= 0.3 is 6.18 Å². The lowest BCUT2D eigenvalue weighted by Gasteiger charge is -2.31. The van der Waals surface area contributed by atoms with E-state index >= 15 is 0 Å². The van der Waals surface area contributed by atoms with E-state index in [2.05, 4.69) is 21.2 Å². The fraction of sp³-hybridized carbons (Fsp3) is 0.300. The van der Waals surface area contributed by atoms with Crippen LogP contribution in [0.4, 0.5) is 18.9 Å². The van der Waals surface area contributed by atoms with Crippen molar-refractivity contribution in [3.8, 4) is 0 Å². The van der Waals surface area contributed by atoms with E-state index in [1.165, 1.54) is 12.1 Å². The molecule has 2 amide bonds. The van der Waals surface area contributed by atoms with Gasteiger partial charge in [0, 0.05) is 29.0 Å². The van der Waals surface area contributed by atoms with Crippen LogP contribution in [-0.2, 0) is 11.0 Å². The Balaban J connectivity index is 1.56. The summed E-state index contributed by atoms with van der Waals surface area (Å²) in [6, 6.07) is 11.5. The Morgan fingerprint density at radius 1 is 1.00 bits per heavy atom. The number of carbonyl (C=O) groups is 2. The van der Waals surface area contributed by atoms with Crippen molar-refractivity contribution >= 4 is 33.4 Å². The molecule has 3 rings (SSSR count). The molecule has 0 radical (unpaired) electrons.